The molecule has 0 aliphatic carbocycles. The summed E-state index contributed by atoms with van der Waals surface area (Å²) in [5.74, 6) is 0.530. The number of ether oxygens (including phenoxy) is 1. The molecule has 4 nitrogen and oxygen atoms in total. The summed E-state index contributed by atoms with van der Waals surface area (Å²) in [5, 5.41) is 3.95. The second kappa shape index (κ2) is 7.78. The molecule has 0 saturated heterocycles. The van der Waals surface area contributed by atoms with E-state index in [-0.39, 0.29) is 5.91 Å². The van der Waals surface area contributed by atoms with E-state index in [1.165, 1.54) is 0 Å². The molecule has 4 heteroatoms. The molecular weight excluding hydrogens is 276 g/mol. The van der Waals surface area contributed by atoms with Gasteiger partial charge in [0.2, 0.25) is 0 Å². The molecule has 0 saturated carbocycles. The number of hydrogen-bond acceptors (Lipinski definition) is 3. The minimum Gasteiger partial charge on any atom is -0.490 e. The zero-order chi connectivity index (χ0) is 15.8. The summed E-state index contributed by atoms with van der Waals surface area (Å²) >= 11 is 0. The van der Waals surface area contributed by atoms with E-state index in [2.05, 4.69) is 17.1 Å². The smallest absolute Gasteiger partial charge is 0.271 e. The Bertz CT molecular complexity index is 658. The summed E-state index contributed by atoms with van der Waals surface area (Å²) in [6.45, 7) is 6.04. The van der Waals surface area contributed by atoms with Crippen molar-refractivity contribution in [1.29, 1.82) is 0 Å². The third-order valence-corrected chi connectivity index (χ3v) is 2.94. The highest BCUT2D eigenvalue weighted by molar-refractivity contribution is 5.94. The third-order valence-electron chi connectivity index (χ3n) is 2.94. The monoisotopic (exact) mass is 294 g/mol. The van der Waals surface area contributed by atoms with Gasteiger partial charge in [-0.1, -0.05) is 30.4 Å². The first-order valence-electron chi connectivity index (χ1n) is 6.93. The van der Waals surface area contributed by atoms with Crippen LogP contribution in [0.3, 0.4) is 0 Å². The number of hydrogen-bond donors (Lipinski definition) is 1. The van der Waals surface area contributed by atoms with Gasteiger partial charge in [0.05, 0.1) is 6.21 Å². The fourth-order valence-corrected chi connectivity index (χ4v) is 1.74. The average molecular weight is 294 g/mol. The highest BCUT2D eigenvalue weighted by atomic mass is 16.5. The number of nitrogens with one attached hydrogen (secondary N) is 1. The van der Waals surface area contributed by atoms with Gasteiger partial charge in [-0.05, 0) is 48.9 Å². The van der Waals surface area contributed by atoms with E-state index in [1.54, 1.807) is 24.4 Å². The van der Waals surface area contributed by atoms with Gasteiger partial charge in [-0.2, -0.15) is 5.10 Å². The number of nitrogens with zero attached hydrogens (tertiary/aromatic N) is 1. The fourth-order valence-electron chi connectivity index (χ4n) is 1.74. The van der Waals surface area contributed by atoms with Crippen LogP contribution < -0.4 is 10.2 Å². The molecule has 0 heterocycles. The van der Waals surface area contributed by atoms with Gasteiger partial charge in [0.15, 0.2) is 0 Å². The van der Waals surface area contributed by atoms with Crippen molar-refractivity contribution in [3.63, 3.8) is 0 Å². The van der Waals surface area contributed by atoms with E-state index >= 15 is 0 Å². The lowest BCUT2D eigenvalue weighted by molar-refractivity contribution is 0.0955. The number of carbonyl (C=O) groups is 1. The van der Waals surface area contributed by atoms with Crippen molar-refractivity contribution in [2.24, 2.45) is 5.10 Å². The third kappa shape index (κ3) is 4.59. The Morgan fingerprint density at radius 2 is 1.86 bits per heavy atom. The van der Waals surface area contributed by atoms with Crippen LogP contribution in [-0.4, -0.2) is 18.7 Å². The molecule has 0 aliphatic heterocycles. The molecule has 0 radical (unpaired) electrons. The molecule has 0 atom stereocenters. The zero-order valence-electron chi connectivity index (χ0n) is 12.5. The van der Waals surface area contributed by atoms with E-state index in [0.717, 1.165) is 16.9 Å². The van der Waals surface area contributed by atoms with Gasteiger partial charge in [-0.3, -0.25) is 4.79 Å². The molecule has 1 N–H and O–H groups in total. The lowest BCUT2D eigenvalue weighted by Crippen LogP contribution is -2.17. The summed E-state index contributed by atoms with van der Waals surface area (Å²) in [6.07, 6.45) is 3.28. The maximum absolute atomic E-state index is 11.9. The lowest BCUT2D eigenvalue weighted by atomic mass is 10.1. The molecule has 0 fully saturated rings. The second-order valence-corrected chi connectivity index (χ2v) is 4.73. The van der Waals surface area contributed by atoms with E-state index < -0.39 is 0 Å². The average Bonchev–Trinajstić information content (AvgIpc) is 2.54. The van der Waals surface area contributed by atoms with Crippen LogP contribution in [0.15, 0.2) is 66.3 Å². The van der Waals surface area contributed by atoms with Crippen LogP contribution in [0.25, 0.3) is 0 Å². The summed E-state index contributed by atoms with van der Waals surface area (Å²) in [5.41, 5.74) is 5.06. The predicted octanol–water partition coefficient (Wildman–Crippen LogP) is 3.32. The van der Waals surface area contributed by atoms with Crippen LogP contribution in [-0.2, 0) is 0 Å². The molecule has 1 amide bonds. The lowest BCUT2D eigenvalue weighted by Gasteiger charge is -2.03. The summed E-state index contributed by atoms with van der Waals surface area (Å²) in [4.78, 5) is 11.9. The van der Waals surface area contributed by atoms with Gasteiger partial charge in [0.25, 0.3) is 5.91 Å². The van der Waals surface area contributed by atoms with Crippen molar-refractivity contribution >= 4 is 12.1 Å². The number of rotatable bonds is 6. The molecule has 112 valence electrons. The van der Waals surface area contributed by atoms with Gasteiger partial charge in [-0.25, -0.2) is 5.43 Å². The quantitative estimate of drug-likeness (QED) is 0.505. The van der Waals surface area contributed by atoms with Gasteiger partial charge >= 0.3 is 0 Å². The van der Waals surface area contributed by atoms with Gasteiger partial charge in [0, 0.05) is 5.56 Å². The van der Waals surface area contributed by atoms with E-state index in [4.69, 9.17) is 4.74 Å². The SMILES string of the molecule is C=CCOc1ccc(/C=N\NC(=O)c2ccc(C)cc2)cc1. The second-order valence-electron chi connectivity index (χ2n) is 4.73. The maximum atomic E-state index is 11.9. The van der Waals surface area contributed by atoms with E-state index in [9.17, 15) is 4.79 Å². The first-order chi connectivity index (χ1) is 10.7. The number of hydrazone groups is 1. The van der Waals surface area contributed by atoms with Crippen LogP contribution in [0.2, 0.25) is 0 Å². The van der Waals surface area contributed by atoms with Crippen molar-refractivity contribution < 1.29 is 9.53 Å². The molecule has 2 rings (SSSR count). The van der Waals surface area contributed by atoms with Crippen LogP contribution in [0, 0.1) is 6.92 Å². The Labute approximate surface area is 130 Å². The van der Waals surface area contributed by atoms with Crippen LogP contribution in [0.5, 0.6) is 5.75 Å². The predicted molar refractivity (Wildman–Crippen MR) is 88.4 cm³/mol. The van der Waals surface area contributed by atoms with Crippen molar-refractivity contribution in [2.75, 3.05) is 6.61 Å². The number of aryl methyl sites for hydroxylation is 1. The van der Waals surface area contributed by atoms with Crippen molar-refractivity contribution in [1.82, 2.24) is 5.43 Å². The zero-order valence-corrected chi connectivity index (χ0v) is 12.5. The van der Waals surface area contributed by atoms with Crippen LogP contribution in [0.1, 0.15) is 21.5 Å². The summed E-state index contributed by atoms with van der Waals surface area (Å²) in [6, 6.07) is 14.7. The molecule has 22 heavy (non-hydrogen) atoms. The summed E-state index contributed by atoms with van der Waals surface area (Å²) < 4.78 is 5.39. The number of carbonyl (C=O) groups excluding carboxylic acids is 1. The molecule has 0 aliphatic rings. The molecule has 2 aromatic carbocycles. The highest BCUT2D eigenvalue weighted by Gasteiger charge is 2.02. The first kappa shape index (κ1) is 15.5. The molecule has 2 aromatic rings. The Kier molecular flexibility index (Phi) is 5.49. The maximum Gasteiger partial charge on any atom is 0.271 e. The Balaban J connectivity index is 1.90. The van der Waals surface area contributed by atoms with Crippen molar-refractivity contribution in [3.05, 3.63) is 77.9 Å². The molecule has 0 unspecified atom stereocenters. The first-order valence-corrected chi connectivity index (χ1v) is 6.93. The van der Waals surface area contributed by atoms with Crippen molar-refractivity contribution in [3.8, 4) is 5.75 Å². The number of benzene rings is 2. The molecule has 0 bridgehead atoms. The van der Waals surface area contributed by atoms with Crippen LogP contribution >= 0.6 is 0 Å². The fraction of sp³-hybridized carbons (Fsp3) is 0.111. The van der Waals surface area contributed by atoms with E-state index in [1.807, 2.05) is 43.3 Å². The number of amides is 1. The van der Waals surface area contributed by atoms with E-state index in [0.29, 0.717) is 12.2 Å². The van der Waals surface area contributed by atoms with Crippen LogP contribution in [0.4, 0.5) is 0 Å². The van der Waals surface area contributed by atoms with Gasteiger partial charge < -0.3 is 4.74 Å². The highest BCUT2D eigenvalue weighted by Crippen LogP contribution is 2.10. The Morgan fingerprint density at radius 1 is 1.18 bits per heavy atom. The topological polar surface area (TPSA) is 50.7 Å². The van der Waals surface area contributed by atoms with Gasteiger partial charge in [0.1, 0.15) is 12.4 Å². The minimum atomic E-state index is -0.234. The van der Waals surface area contributed by atoms with Crippen molar-refractivity contribution in [2.45, 2.75) is 6.92 Å². The molecular formula is C18H18N2O2. The largest absolute Gasteiger partial charge is 0.490 e. The minimum absolute atomic E-state index is 0.234. The van der Waals surface area contributed by atoms with Gasteiger partial charge in [-0.15, -0.1) is 0 Å². The Morgan fingerprint density at radius 3 is 2.50 bits per heavy atom. The standard InChI is InChI=1S/C18H18N2O2/c1-3-12-22-17-10-6-15(7-11-17)13-19-20-18(21)16-8-4-14(2)5-9-16/h3-11,13H,1,12H2,2H3,(H,20,21)/b19-13-. The Hall–Kier alpha value is -2.88. The summed E-state index contributed by atoms with van der Waals surface area (Å²) in [7, 11) is 0. The molecule has 0 spiro atoms. The normalized spacial score (nSPS) is 10.4. The molecule has 0 aromatic heterocycles.